The van der Waals surface area contributed by atoms with Gasteiger partial charge in [0, 0.05) is 18.9 Å². The maximum Gasteiger partial charge on any atom is 0.302 e. The molecule has 0 aromatic heterocycles. The third kappa shape index (κ3) is 2.65. The minimum atomic E-state index is -0.357. The van der Waals surface area contributed by atoms with Crippen molar-refractivity contribution < 1.29 is 19.7 Å². The van der Waals surface area contributed by atoms with Gasteiger partial charge in [-0.1, -0.05) is 12.1 Å². The van der Waals surface area contributed by atoms with Crippen LogP contribution in [0.3, 0.4) is 0 Å². The van der Waals surface area contributed by atoms with Gasteiger partial charge in [-0.2, -0.15) is 0 Å². The number of aromatic hydroxyl groups is 2. The second-order valence-corrected chi connectivity index (χ2v) is 2.87. The molecule has 0 heterocycles. The molecule has 0 spiro atoms. The highest BCUT2D eigenvalue weighted by Gasteiger charge is 2.05. The highest BCUT2D eigenvalue weighted by atomic mass is 16.5. The maximum absolute atomic E-state index is 10.5. The third-order valence-electron chi connectivity index (χ3n) is 1.78. The second-order valence-electron chi connectivity index (χ2n) is 2.87. The summed E-state index contributed by atoms with van der Waals surface area (Å²) in [6, 6.07) is 4.68. The van der Waals surface area contributed by atoms with Crippen LogP contribution in [-0.2, 0) is 16.0 Å². The van der Waals surface area contributed by atoms with Gasteiger partial charge in [-0.05, 0) is 6.07 Å². The van der Waals surface area contributed by atoms with Gasteiger partial charge in [0.05, 0.1) is 6.61 Å². The number of carbonyl (C=O) groups is 1. The molecule has 0 aliphatic heterocycles. The molecule has 1 aromatic carbocycles. The van der Waals surface area contributed by atoms with Crippen molar-refractivity contribution in [1.29, 1.82) is 0 Å². The minimum absolute atomic E-state index is 0.153. The first kappa shape index (κ1) is 10.4. The maximum atomic E-state index is 10.5. The summed E-state index contributed by atoms with van der Waals surface area (Å²) in [7, 11) is 0. The van der Waals surface area contributed by atoms with E-state index in [2.05, 4.69) is 0 Å². The predicted octanol–water partition coefficient (Wildman–Crippen LogP) is 1.20. The first-order chi connectivity index (χ1) is 6.61. The lowest BCUT2D eigenvalue weighted by molar-refractivity contribution is -0.140. The molecule has 0 bridgehead atoms. The molecule has 4 nitrogen and oxygen atoms in total. The molecule has 1 rings (SSSR count). The summed E-state index contributed by atoms with van der Waals surface area (Å²) in [5.41, 5.74) is 0.561. The summed E-state index contributed by atoms with van der Waals surface area (Å²) in [5, 5.41) is 18.5. The largest absolute Gasteiger partial charge is 0.504 e. The van der Waals surface area contributed by atoms with Crippen molar-refractivity contribution in [2.75, 3.05) is 6.61 Å². The van der Waals surface area contributed by atoms with Crippen LogP contribution in [0.15, 0.2) is 18.2 Å². The van der Waals surface area contributed by atoms with Gasteiger partial charge in [0.25, 0.3) is 0 Å². The van der Waals surface area contributed by atoms with E-state index in [-0.39, 0.29) is 24.1 Å². The number of phenols is 2. The average Bonchev–Trinajstić information content (AvgIpc) is 2.12. The highest BCUT2D eigenvalue weighted by molar-refractivity contribution is 5.65. The molecule has 0 amide bonds. The number of phenolic OH excluding ortho intramolecular Hbond substituents is 2. The van der Waals surface area contributed by atoms with Gasteiger partial charge < -0.3 is 14.9 Å². The average molecular weight is 196 g/mol. The number of esters is 1. The molecule has 0 unspecified atom stereocenters. The van der Waals surface area contributed by atoms with Crippen LogP contribution in [0.25, 0.3) is 0 Å². The number of hydrogen-bond donors (Lipinski definition) is 2. The molecule has 2 N–H and O–H groups in total. The Balaban J connectivity index is 2.59. The van der Waals surface area contributed by atoms with Gasteiger partial charge in [0.1, 0.15) is 0 Å². The van der Waals surface area contributed by atoms with E-state index >= 15 is 0 Å². The quantitative estimate of drug-likeness (QED) is 0.563. The molecule has 0 aliphatic carbocycles. The van der Waals surface area contributed by atoms with Crippen LogP contribution in [0, 0.1) is 0 Å². The number of ether oxygens (including phenoxy) is 1. The van der Waals surface area contributed by atoms with Crippen molar-refractivity contribution in [1.82, 2.24) is 0 Å². The first-order valence-corrected chi connectivity index (χ1v) is 4.24. The fraction of sp³-hybridized carbons (Fsp3) is 0.300. The lowest BCUT2D eigenvalue weighted by Gasteiger charge is -2.05. The molecule has 0 atom stereocenters. The van der Waals surface area contributed by atoms with E-state index in [1.807, 2.05) is 0 Å². The van der Waals surface area contributed by atoms with E-state index in [1.165, 1.54) is 13.0 Å². The Kier molecular flexibility index (Phi) is 3.34. The standard InChI is InChI=1S/C10H12O4/c1-7(11)14-6-5-8-3-2-4-9(12)10(8)13/h2-4,12-13H,5-6H2,1H3. The Labute approximate surface area is 81.8 Å². The van der Waals surface area contributed by atoms with Crippen LogP contribution >= 0.6 is 0 Å². The van der Waals surface area contributed by atoms with Gasteiger partial charge in [0.2, 0.25) is 0 Å². The van der Waals surface area contributed by atoms with Gasteiger partial charge in [-0.3, -0.25) is 4.79 Å². The summed E-state index contributed by atoms with van der Waals surface area (Å²) in [6.45, 7) is 1.52. The Morgan fingerprint density at radius 3 is 2.79 bits per heavy atom. The summed E-state index contributed by atoms with van der Waals surface area (Å²) < 4.78 is 4.71. The predicted molar refractivity (Wildman–Crippen MR) is 50.1 cm³/mol. The van der Waals surface area contributed by atoms with Gasteiger partial charge in [-0.15, -0.1) is 0 Å². The van der Waals surface area contributed by atoms with Crippen LogP contribution in [0.1, 0.15) is 12.5 Å². The Morgan fingerprint density at radius 1 is 1.43 bits per heavy atom. The number of carbonyl (C=O) groups excluding carboxylic acids is 1. The van der Waals surface area contributed by atoms with Gasteiger partial charge in [-0.25, -0.2) is 0 Å². The summed E-state index contributed by atoms with van der Waals surface area (Å²) in [5.74, 6) is -0.672. The molecule has 0 aliphatic rings. The van der Waals surface area contributed by atoms with Crippen LogP contribution in [0.5, 0.6) is 11.5 Å². The van der Waals surface area contributed by atoms with Crippen molar-refractivity contribution in [2.24, 2.45) is 0 Å². The van der Waals surface area contributed by atoms with Crippen LogP contribution in [0.4, 0.5) is 0 Å². The monoisotopic (exact) mass is 196 g/mol. The van der Waals surface area contributed by atoms with E-state index in [1.54, 1.807) is 12.1 Å². The zero-order valence-corrected chi connectivity index (χ0v) is 7.86. The molecule has 14 heavy (non-hydrogen) atoms. The number of para-hydroxylation sites is 1. The molecule has 0 fully saturated rings. The van der Waals surface area contributed by atoms with E-state index < -0.39 is 0 Å². The fourth-order valence-corrected chi connectivity index (χ4v) is 1.08. The summed E-state index contributed by atoms with van der Waals surface area (Å²) >= 11 is 0. The van der Waals surface area contributed by atoms with Crippen molar-refractivity contribution in [3.8, 4) is 11.5 Å². The minimum Gasteiger partial charge on any atom is -0.504 e. The molecular weight excluding hydrogens is 184 g/mol. The van der Waals surface area contributed by atoms with E-state index in [0.29, 0.717) is 12.0 Å². The van der Waals surface area contributed by atoms with Gasteiger partial charge >= 0.3 is 5.97 Å². The van der Waals surface area contributed by atoms with Crippen molar-refractivity contribution in [3.05, 3.63) is 23.8 Å². The van der Waals surface area contributed by atoms with Crippen molar-refractivity contribution in [3.63, 3.8) is 0 Å². The van der Waals surface area contributed by atoms with Crippen LogP contribution in [-0.4, -0.2) is 22.8 Å². The molecule has 0 radical (unpaired) electrons. The van der Waals surface area contributed by atoms with E-state index in [0.717, 1.165) is 0 Å². The summed E-state index contributed by atoms with van der Waals surface area (Å²) in [4.78, 5) is 10.5. The SMILES string of the molecule is CC(=O)OCCc1cccc(O)c1O. The summed E-state index contributed by atoms with van der Waals surface area (Å²) in [6.07, 6.45) is 0.389. The van der Waals surface area contributed by atoms with Crippen molar-refractivity contribution >= 4 is 5.97 Å². The normalized spacial score (nSPS) is 9.79. The number of hydrogen-bond acceptors (Lipinski definition) is 4. The number of benzene rings is 1. The molecule has 4 heteroatoms. The van der Waals surface area contributed by atoms with Gasteiger partial charge in [0.15, 0.2) is 11.5 Å². The van der Waals surface area contributed by atoms with Crippen LogP contribution in [0.2, 0.25) is 0 Å². The van der Waals surface area contributed by atoms with E-state index in [4.69, 9.17) is 9.84 Å². The second kappa shape index (κ2) is 4.50. The lowest BCUT2D eigenvalue weighted by Crippen LogP contribution is -2.03. The Bertz CT molecular complexity index is 333. The first-order valence-electron chi connectivity index (χ1n) is 4.24. The molecule has 1 aromatic rings. The fourth-order valence-electron chi connectivity index (χ4n) is 1.08. The lowest BCUT2D eigenvalue weighted by atomic mass is 10.1. The van der Waals surface area contributed by atoms with Crippen molar-refractivity contribution in [2.45, 2.75) is 13.3 Å². The smallest absolute Gasteiger partial charge is 0.302 e. The molecule has 0 saturated heterocycles. The topological polar surface area (TPSA) is 66.8 Å². The third-order valence-corrected chi connectivity index (χ3v) is 1.78. The highest BCUT2D eigenvalue weighted by Crippen LogP contribution is 2.28. The van der Waals surface area contributed by atoms with Crippen LogP contribution < -0.4 is 0 Å². The number of rotatable bonds is 3. The molecule has 0 saturated carbocycles. The zero-order chi connectivity index (χ0) is 10.6. The Morgan fingerprint density at radius 2 is 2.14 bits per heavy atom. The Hall–Kier alpha value is -1.71. The zero-order valence-electron chi connectivity index (χ0n) is 7.86. The molecular formula is C10H12O4. The molecule has 76 valence electrons. The van der Waals surface area contributed by atoms with E-state index in [9.17, 15) is 9.90 Å².